The number of alkyl halides is 3. The Labute approximate surface area is 202 Å². The highest BCUT2D eigenvalue weighted by Crippen LogP contribution is 2.41. The average Bonchev–Trinajstić information content (AvgIpc) is 2.83. The summed E-state index contributed by atoms with van der Waals surface area (Å²) in [5.74, 6) is -2.03. The van der Waals surface area contributed by atoms with Crippen LogP contribution in [0.3, 0.4) is 0 Å². The zero-order chi connectivity index (χ0) is 25.6. The summed E-state index contributed by atoms with van der Waals surface area (Å²) >= 11 is 0. The van der Waals surface area contributed by atoms with E-state index in [4.69, 9.17) is 14.6 Å². The topological polar surface area (TPSA) is 117 Å². The molecule has 1 aromatic heterocycles. The molecular weight excluding hydrogens is 489 g/mol. The van der Waals surface area contributed by atoms with Gasteiger partial charge in [-0.3, -0.25) is 4.79 Å². The van der Waals surface area contributed by atoms with E-state index in [2.05, 4.69) is 4.98 Å². The van der Waals surface area contributed by atoms with Gasteiger partial charge in [0, 0.05) is 18.8 Å². The van der Waals surface area contributed by atoms with Crippen LogP contribution in [0, 0.1) is 11.8 Å². The highest BCUT2D eigenvalue weighted by atomic mass is 32.2. The van der Waals surface area contributed by atoms with Gasteiger partial charge < -0.3 is 14.9 Å². The lowest BCUT2D eigenvalue weighted by atomic mass is 9.71. The molecule has 2 aliphatic rings. The van der Waals surface area contributed by atoms with Crippen LogP contribution >= 0.6 is 0 Å². The third-order valence-corrected chi connectivity index (χ3v) is 7.47. The molecule has 1 aliphatic heterocycles. The minimum atomic E-state index is -5.08. The summed E-state index contributed by atoms with van der Waals surface area (Å²) in [7, 11) is -1.56. The van der Waals surface area contributed by atoms with Gasteiger partial charge in [-0.1, -0.05) is 37.5 Å². The van der Waals surface area contributed by atoms with E-state index in [1.165, 1.54) is 12.6 Å². The summed E-state index contributed by atoms with van der Waals surface area (Å²) < 4.78 is 52.2. The number of carbonyl (C=O) groups is 2. The maximum absolute atomic E-state index is 13.2. The van der Waals surface area contributed by atoms with Crippen LogP contribution in [-0.4, -0.2) is 54.4 Å². The molecule has 2 heterocycles. The molecule has 8 nitrogen and oxygen atoms in total. The van der Waals surface area contributed by atoms with Gasteiger partial charge in [0.15, 0.2) is 0 Å². The largest absolute Gasteiger partial charge is 0.490 e. The number of carboxylic acids is 2. The fraction of sp³-hybridized carbons (Fsp3) is 0.435. The van der Waals surface area contributed by atoms with E-state index in [1.54, 1.807) is 16.4 Å². The lowest BCUT2D eigenvalue weighted by molar-refractivity contribution is -0.192. The first kappa shape index (κ1) is 26.6. The van der Waals surface area contributed by atoms with Gasteiger partial charge in [0.1, 0.15) is 22.8 Å². The molecule has 1 saturated carbocycles. The summed E-state index contributed by atoms with van der Waals surface area (Å²) in [6.45, 7) is 0.535. The molecule has 4 atom stereocenters. The summed E-state index contributed by atoms with van der Waals surface area (Å²) in [6, 6.07) is 12.0. The van der Waals surface area contributed by atoms with Crippen molar-refractivity contribution in [3.63, 3.8) is 0 Å². The Hall–Kier alpha value is -2.99. The zero-order valence-corrected chi connectivity index (χ0v) is 19.4. The molecule has 2 aromatic rings. The lowest BCUT2D eigenvalue weighted by Crippen LogP contribution is -2.54. The quantitative estimate of drug-likeness (QED) is 0.604. The molecule has 0 spiro atoms. The van der Waals surface area contributed by atoms with Crippen LogP contribution in [0.1, 0.15) is 32.1 Å². The number of aromatic nitrogens is 1. The average molecular weight is 515 g/mol. The molecule has 1 saturated heterocycles. The lowest BCUT2D eigenvalue weighted by Gasteiger charge is -2.44. The van der Waals surface area contributed by atoms with E-state index in [-0.39, 0.29) is 5.92 Å². The first-order valence-corrected chi connectivity index (χ1v) is 12.1. The molecule has 4 unspecified atom stereocenters. The number of piperidine rings is 1. The molecule has 4 rings (SSSR count). The SMILES string of the molecule is O=C(O)C(F)(F)F.O=C(O)C1C2CCCCC2CCN1S(=O)c1ccc(Oc2ccccc2)nc1. The van der Waals surface area contributed by atoms with Gasteiger partial charge in [0.05, 0.1) is 4.90 Å². The second-order valence-corrected chi connectivity index (χ2v) is 9.66. The van der Waals surface area contributed by atoms with Crippen molar-refractivity contribution in [3.05, 3.63) is 48.7 Å². The predicted octanol–water partition coefficient (Wildman–Crippen LogP) is 4.50. The Balaban J connectivity index is 0.000000429. The molecule has 190 valence electrons. The number of hydrogen-bond acceptors (Lipinski definition) is 5. The van der Waals surface area contributed by atoms with Gasteiger partial charge >= 0.3 is 18.1 Å². The third-order valence-electron chi connectivity index (χ3n) is 5.99. The Morgan fingerprint density at radius 1 is 1.03 bits per heavy atom. The van der Waals surface area contributed by atoms with Crippen molar-refractivity contribution in [2.24, 2.45) is 11.8 Å². The van der Waals surface area contributed by atoms with Crippen molar-refractivity contribution in [2.75, 3.05) is 6.54 Å². The summed E-state index contributed by atoms with van der Waals surface area (Å²) in [5, 5.41) is 17.0. The molecular formula is C23H25F3N2O6S. The van der Waals surface area contributed by atoms with Crippen LogP contribution in [0.25, 0.3) is 0 Å². The number of pyridine rings is 1. The molecule has 0 amide bonds. The number of aliphatic carboxylic acids is 2. The van der Waals surface area contributed by atoms with Crippen molar-refractivity contribution in [1.82, 2.24) is 9.29 Å². The number of hydrogen-bond donors (Lipinski definition) is 2. The van der Waals surface area contributed by atoms with E-state index in [0.717, 1.165) is 25.7 Å². The molecule has 2 fully saturated rings. The standard InChI is InChI=1S/C21H24N2O4S.C2HF3O2/c24-21(25)20-18-9-5-4-6-15(18)12-13-23(20)28(26)17-10-11-19(22-14-17)27-16-7-2-1-3-8-16;3-2(4,5)1(6)7/h1-3,7-8,10-11,14-15,18,20H,4-6,9,12-13H2,(H,24,25);(H,6,7). The smallest absolute Gasteiger partial charge is 0.480 e. The van der Waals surface area contributed by atoms with Crippen LogP contribution in [-0.2, 0) is 20.6 Å². The van der Waals surface area contributed by atoms with E-state index in [9.17, 15) is 27.3 Å². The van der Waals surface area contributed by atoms with Gasteiger partial charge in [-0.05, 0) is 42.9 Å². The molecule has 1 aliphatic carbocycles. The summed E-state index contributed by atoms with van der Waals surface area (Å²) in [5.41, 5.74) is 0. The Morgan fingerprint density at radius 2 is 1.69 bits per heavy atom. The first-order chi connectivity index (χ1) is 16.6. The molecule has 1 aromatic carbocycles. The number of rotatable bonds is 5. The highest BCUT2D eigenvalue weighted by molar-refractivity contribution is 7.82. The van der Waals surface area contributed by atoms with Crippen LogP contribution in [0.2, 0.25) is 0 Å². The maximum atomic E-state index is 13.2. The summed E-state index contributed by atoms with van der Waals surface area (Å²) in [6.07, 6.45) is 1.55. The van der Waals surface area contributed by atoms with E-state index < -0.39 is 35.1 Å². The van der Waals surface area contributed by atoms with Gasteiger partial charge in [-0.15, -0.1) is 0 Å². The van der Waals surface area contributed by atoms with Crippen molar-refractivity contribution in [3.8, 4) is 11.6 Å². The molecule has 2 N–H and O–H groups in total. The molecule has 0 bridgehead atoms. The van der Waals surface area contributed by atoms with Crippen molar-refractivity contribution >= 4 is 22.9 Å². The number of ether oxygens (including phenoxy) is 1. The van der Waals surface area contributed by atoms with Crippen molar-refractivity contribution in [2.45, 2.75) is 49.2 Å². The van der Waals surface area contributed by atoms with Gasteiger partial charge in [0.2, 0.25) is 5.88 Å². The number of benzene rings is 1. The van der Waals surface area contributed by atoms with Crippen LogP contribution in [0.5, 0.6) is 11.6 Å². The second kappa shape index (κ2) is 11.6. The van der Waals surface area contributed by atoms with Gasteiger partial charge in [0.25, 0.3) is 0 Å². The highest BCUT2D eigenvalue weighted by Gasteiger charge is 2.45. The molecule has 35 heavy (non-hydrogen) atoms. The Kier molecular flexibility index (Phi) is 8.84. The van der Waals surface area contributed by atoms with Crippen LogP contribution in [0.4, 0.5) is 13.2 Å². The first-order valence-electron chi connectivity index (χ1n) is 11.0. The van der Waals surface area contributed by atoms with Crippen molar-refractivity contribution < 1.29 is 41.9 Å². The molecule has 12 heteroatoms. The normalized spacial score (nSPS) is 23.2. The van der Waals surface area contributed by atoms with Crippen LogP contribution in [0.15, 0.2) is 53.6 Å². The van der Waals surface area contributed by atoms with E-state index in [0.29, 0.717) is 29.0 Å². The van der Waals surface area contributed by atoms with Crippen LogP contribution < -0.4 is 4.74 Å². The monoisotopic (exact) mass is 514 g/mol. The van der Waals surface area contributed by atoms with Gasteiger partial charge in [-0.25, -0.2) is 18.3 Å². The number of fused-ring (bicyclic) bond motifs is 1. The van der Waals surface area contributed by atoms with E-state index >= 15 is 0 Å². The summed E-state index contributed by atoms with van der Waals surface area (Å²) in [4.78, 5) is 25.6. The Bertz CT molecular complexity index is 1040. The number of nitrogens with zero attached hydrogens (tertiary/aromatic N) is 2. The van der Waals surface area contributed by atoms with Gasteiger partial charge in [-0.2, -0.15) is 13.2 Å². The minimum absolute atomic E-state index is 0.0811. The maximum Gasteiger partial charge on any atom is 0.490 e. The second-order valence-electron chi connectivity index (χ2n) is 8.22. The fourth-order valence-corrected chi connectivity index (χ4v) is 5.75. The number of halogens is 3. The fourth-order valence-electron chi connectivity index (χ4n) is 4.42. The Morgan fingerprint density at radius 3 is 2.26 bits per heavy atom. The minimum Gasteiger partial charge on any atom is -0.480 e. The third kappa shape index (κ3) is 7.01. The molecule has 0 radical (unpaired) electrons. The zero-order valence-electron chi connectivity index (χ0n) is 18.6. The van der Waals surface area contributed by atoms with E-state index in [1.807, 2.05) is 30.3 Å². The van der Waals surface area contributed by atoms with Crippen molar-refractivity contribution in [1.29, 1.82) is 0 Å². The number of carboxylic acid groups (broad SMARTS) is 2. The number of para-hydroxylation sites is 1. The predicted molar refractivity (Wildman–Crippen MR) is 119 cm³/mol.